The van der Waals surface area contributed by atoms with Crippen LogP contribution < -0.4 is 10.6 Å². The molecule has 0 aliphatic heterocycles. The van der Waals surface area contributed by atoms with Gasteiger partial charge in [0.1, 0.15) is 0 Å². The monoisotopic (exact) mass is 477 g/mol. The fraction of sp³-hybridized carbons (Fsp3) is 0.278. The summed E-state index contributed by atoms with van der Waals surface area (Å²) in [6.45, 7) is 3.76. The van der Waals surface area contributed by atoms with Crippen LogP contribution in [-0.4, -0.2) is 24.2 Å². The van der Waals surface area contributed by atoms with Crippen LogP contribution in [-0.2, 0) is 13.0 Å². The van der Waals surface area contributed by atoms with E-state index >= 15 is 0 Å². The second-order valence-electron chi connectivity index (χ2n) is 5.28. The zero-order valence-electron chi connectivity index (χ0n) is 13.9. The number of hydrogen-bond donors (Lipinski definition) is 3. The van der Waals surface area contributed by atoms with Gasteiger partial charge in [0.05, 0.1) is 6.54 Å². The molecule has 0 bridgehead atoms. The smallest absolute Gasteiger partial charge is 0.191 e. The summed E-state index contributed by atoms with van der Waals surface area (Å²) in [5, 5.41) is 16.3. The van der Waals surface area contributed by atoms with Crippen LogP contribution in [0.3, 0.4) is 0 Å². The third-order valence-corrected chi connectivity index (χ3v) is 3.65. The molecule has 2 rings (SSSR count). The largest absolute Gasteiger partial charge is 0.505 e. The Balaban J connectivity index is 0.00000312. The SMILES string of the molecule is CCNC(=NCc1ccc(O)c(F)c1)NCCc1ccc(Cl)cc1.I. The molecule has 0 fully saturated rings. The minimum absolute atomic E-state index is 0. The van der Waals surface area contributed by atoms with E-state index in [2.05, 4.69) is 15.6 Å². The van der Waals surface area contributed by atoms with E-state index in [-0.39, 0.29) is 29.7 Å². The van der Waals surface area contributed by atoms with E-state index in [0.29, 0.717) is 18.1 Å². The first-order chi connectivity index (χ1) is 11.6. The van der Waals surface area contributed by atoms with Gasteiger partial charge >= 0.3 is 0 Å². The summed E-state index contributed by atoms with van der Waals surface area (Å²) in [6, 6.07) is 12.0. The van der Waals surface area contributed by atoms with Crippen molar-refractivity contribution >= 4 is 41.5 Å². The second-order valence-corrected chi connectivity index (χ2v) is 5.72. The number of aromatic hydroxyl groups is 1. The van der Waals surface area contributed by atoms with Crippen molar-refractivity contribution in [2.75, 3.05) is 13.1 Å². The Bertz CT molecular complexity index is 695. The minimum atomic E-state index is -0.636. The molecule has 0 saturated heterocycles. The topological polar surface area (TPSA) is 56.7 Å². The molecule has 0 saturated carbocycles. The van der Waals surface area contributed by atoms with Crippen molar-refractivity contribution in [3.63, 3.8) is 0 Å². The van der Waals surface area contributed by atoms with E-state index in [9.17, 15) is 9.50 Å². The molecule has 2 aromatic rings. The Morgan fingerprint density at radius 1 is 1.12 bits per heavy atom. The third-order valence-electron chi connectivity index (χ3n) is 3.40. The first kappa shape index (κ1) is 21.5. The van der Waals surface area contributed by atoms with E-state index in [4.69, 9.17) is 11.6 Å². The summed E-state index contributed by atoms with van der Waals surface area (Å²) in [5.41, 5.74) is 1.88. The standard InChI is InChI=1S/C18H21ClFN3O.HI/c1-2-21-18(22-10-9-13-3-6-15(19)7-4-13)23-12-14-5-8-17(24)16(20)11-14;/h3-8,11,24H,2,9-10,12H2,1H3,(H2,21,22,23);1H. The van der Waals surface area contributed by atoms with Gasteiger partial charge < -0.3 is 15.7 Å². The number of phenolic OH excluding ortho intramolecular Hbond substituents is 1. The molecule has 2 aromatic carbocycles. The van der Waals surface area contributed by atoms with Crippen LogP contribution in [0.5, 0.6) is 5.75 Å². The fourth-order valence-corrected chi connectivity index (χ4v) is 2.26. The Morgan fingerprint density at radius 3 is 2.44 bits per heavy atom. The molecule has 0 spiro atoms. The first-order valence-corrected chi connectivity index (χ1v) is 8.20. The molecule has 136 valence electrons. The Labute approximate surface area is 169 Å². The summed E-state index contributed by atoms with van der Waals surface area (Å²) in [5.74, 6) is -0.320. The molecule has 7 heteroatoms. The maximum absolute atomic E-state index is 13.3. The minimum Gasteiger partial charge on any atom is -0.505 e. The fourth-order valence-electron chi connectivity index (χ4n) is 2.14. The number of benzene rings is 2. The molecule has 0 radical (unpaired) electrons. The van der Waals surface area contributed by atoms with Gasteiger partial charge in [-0.15, -0.1) is 24.0 Å². The Hall–Kier alpha value is -1.54. The highest BCUT2D eigenvalue weighted by Gasteiger charge is 2.02. The highest BCUT2D eigenvalue weighted by atomic mass is 127. The van der Waals surface area contributed by atoms with Crippen LogP contribution in [0.15, 0.2) is 47.5 Å². The summed E-state index contributed by atoms with van der Waals surface area (Å²) < 4.78 is 13.3. The molecular formula is C18H22ClFIN3O. The molecule has 25 heavy (non-hydrogen) atoms. The van der Waals surface area contributed by atoms with Crippen LogP contribution in [0.1, 0.15) is 18.1 Å². The van der Waals surface area contributed by atoms with E-state index in [1.165, 1.54) is 17.7 Å². The number of rotatable bonds is 6. The van der Waals surface area contributed by atoms with Crippen LogP contribution in [0, 0.1) is 5.82 Å². The molecule has 4 nitrogen and oxygen atoms in total. The lowest BCUT2D eigenvalue weighted by molar-refractivity contribution is 0.432. The highest BCUT2D eigenvalue weighted by Crippen LogP contribution is 2.16. The lowest BCUT2D eigenvalue weighted by Gasteiger charge is -2.11. The summed E-state index contributed by atoms with van der Waals surface area (Å²) >= 11 is 5.87. The summed E-state index contributed by atoms with van der Waals surface area (Å²) in [6.07, 6.45) is 0.843. The molecule has 0 aromatic heterocycles. The van der Waals surface area contributed by atoms with Crippen LogP contribution >= 0.6 is 35.6 Å². The van der Waals surface area contributed by atoms with Crippen molar-refractivity contribution in [2.45, 2.75) is 19.9 Å². The number of nitrogens with one attached hydrogen (secondary N) is 2. The van der Waals surface area contributed by atoms with E-state index in [0.717, 1.165) is 24.5 Å². The van der Waals surface area contributed by atoms with Gasteiger partial charge in [-0.25, -0.2) is 9.38 Å². The van der Waals surface area contributed by atoms with Crippen molar-refractivity contribution in [2.24, 2.45) is 4.99 Å². The molecule has 0 unspecified atom stereocenters. The number of halogens is 3. The number of phenols is 1. The zero-order chi connectivity index (χ0) is 17.4. The maximum atomic E-state index is 13.3. The van der Waals surface area contributed by atoms with Gasteiger partial charge in [0, 0.05) is 18.1 Å². The van der Waals surface area contributed by atoms with E-state index < -0.39 is 5.82 Å². The van der Waals surface area contributed by atoms with Gasteiger partial charge in [0.2, 0.25) is 0 Å². The maximum Gasteiger partial charge on any atom is 0.191 e. The average molecular weight is 478 g/mol. The van der Waals surface area contributed by atoms with Crippen molar-refractivity contribution in [3.05, 3.63) is 64.4 Å². The quantitative estimate of drug-likeness (QED) is 0.334. The van der Waals surface area contributed by atoms with E-state index in [1.54, 1.807) is 6.07 Å². The molecule has 0 heterocycles. The third kappa shape index (κ3) is 7.48. The van der Waals surface area contributed by atoms with Gasteiger partial charge in [-0.05, 0) is 48.7 Å². The van der Waals surface area contributed by atoms with Gasteiger partial charge in [-0.1, -0.05) is 29.8 Å². The lowest BCUT2D eigenvalue weighted by atomic mass is 10.1. The molecule has 3 N–H and O–H groups in total. The Kier molecular flexibility index (Phi) is 9.59. The lowest BCUT2D eigenvalue weighted by Crippen LogP contribution is -2.38. The number of nitrogens with zero attached hydrogens (tertiary/aromatic N) is 1. The zero-order valence-corrected chi connectivity index (χ0v) is 17.0. The summed E-state index contributed by atoms with van der Waals surface area (Å²) in [7, 11) is 0. The molecule has 0 aliphatic carbocycles. The molecule has 0 atom stereocenters. The van der Waals surface area contributed by atoms with Gasteiger partial charge in [0.15, 0.2) is 17.5 Å². The molecular weight excluding hydrogens is 456 g/mol. The van der Waals surface area contributed by atoms with Crippen molar-refractivity contribution in [1.82, 2.24) is 10.6 Å². The van der Waals surface area contributed by atoms with Gasteiger partial charge in [-0.3, -0.25) is 0 Å². The van der Waals surface area contributed by atoms with Crippen LogP contribution in [0.4, 0.5) is 4.39 Å². The van der Waals surface area contributed by atoms with Crippen molar-refractivity contribution < 1.29 is 9.50 Å². The van der Waals surface area contributed by atoms with Gasteiger partial charge in [-0.2, -0.15) is 0 Å². The predicted octanol–water partition coefficient (Wildman–Crippen LogP) is 4.10. The molecule has 0 aliphatic rings. The normalized spacial score (nSPS) is 10.9. The average Bonchev–Trinajstić information content (AvgIpc) is 2.57. The van der Waals surface area contributed by atoms with Crippen LogP contribution in [0.2, 0.25) is 5.02 Å². The molecule has 0 amide bonds. The number of aliphatic imine (C=N–C) groups is 1. The van der Waals surface area contributed by atoms with Crippen LogP contribution in [0.25, 0.3) is 0 Å². The van der Waals surface area contributed by atoms with Gasteiger partial charge in [0.25, 0.3) is 0 Å². The van der Waals surface area contributed by atoms with E-state index in [1.807, 2.05) is 31.2 Å². The Morgan fingerprint density at radius 2 is 1.80 bits per heavy atom. The first-order valence-electron chi connectivity index (χ1n) is 7.82. The number of guanidine groups is 1. The summed E-state index contributed by atoms with van der Waals surface area (Å²) in [4.78, 5) is 4.42. The van der Waals surface area contributed by atoms with Crippen molar-refractivity contribution in [1.29, 1.82) is 0 Å². The highest BCUT2D eigenvalue weighted by molar-refractivity contribution is 14.0. The number of hydrogen-bond acceptors (Lipinski definition) is 2. The predicted molar refractivity (Wildman–Crippen MR) is 111 cm³/mol. The second kappa shape index (κ2) is 11.1. The van der Waals surface area contributed by atoms with Crippen molar-refractivity contribution in [3.8, 4) is 5.75 Å².